The van der Waals surface area contributed by atoms with E-state index in [1.165, 1.54) is 16.7 Å². The number of alkyl halides is 2. The van der Waals surface area contributed by atoms with Gasteiger partial charge in [-0.15, -0.1) is 4.36 Å². The van der Waals surface area contributed by atoms with Gasteiger partial charge < -0.3 is 19.7 Å². The maximum absolute atomic E-state index is 14.3. The third-order valence-corrected chi connectivity index (χ3v) is 13.4. The minimum absolute atomic E-state index is 0.0870. The van der Waals surface area contributed by atoms with Gasteiger partial charge in [0, 0.05) is 43.1 Å². The Kier molecular flexibility index (Phi) is 9.71. The molecule has 0 aromatic heterocycles. The highest BCUT2D eigenvalue weighted by molar-refractivity contribution is 7.92. The first-order valence-electron chi connectivity index (χ1n) is 17.9. The number of aryl methyl sites for hydroxylation is 2. The van der Waals surface area contributed by atoms with Crippen molar-refractivity contribution in [2.75, 3.05) is 37.5 Å². The molecule has 12 heteroatoms. The number of amides is 3. The van der Waals surface area contributed by atoms with Crippen LogP contribution in [-0.4, -0.2) is 67.3 Å². The van der Waals surface area contributed by atoms with Gasteiger partial charge in [0.1, 0.15) is 15.7 Å². The number of hydrogen-bond donors (Lipinski definition) is 2. The average molecular weight is 711 g/mol. The predicted octanol–water partition coefficient (Wildman–Crippen LogP) is 6.58. The summed E-state index contributed by atoms with van der Waals surface area (Å²) in [6.07, 6.45) is 7.35. The summed E-state index contributed by atoms with van der Waals surface area (Å²) in [7, 11) is -1.89. The second kappa shape index (κ2) is 13.9. The minimum Gasteiger partial charge on any atom is -0.490 e. The molecule has 2 fully saturated rings. The summed E-state index contributed by atoms with van der Waals surface area (Å²) in [5, 5.41) is 2.48. The molecule has 2 aromatic carbocycles. The van der Waals surface area contributed by atoms with E-state index in [4.69, 9.17) is 9.47 Å². The number of ether oxygens (including phenoxy) is 2. The van der Waals surface area contributed by atoms with Crippen LogP contribution in [0.2, 0.25) is 0 Å². The van der Waals surface area contributed by atoms with Crippen molar-refractivity contribution in [3.63, 3.8) is 0 Å². The number of nitrogens with zero attached hydrogens (tertiary/aromatic N) is 2. The molecule has 2 aromatic rings. The van der Waals surface area contributed by atoms with Crippen molar-refractivity contribution >= 4 is 27.5 Å². The van der Waals surface area contributed by atoms with Crippen LogP contribution in [0.5, 0.6) is 5.75 Å². The number of rotatable bonds is 4. The maximum atomic E-state index is 14.3. The SMILES string of the molecule is CO[C@H]1/C=C/C[C@H](C)CS(=O)(NC(=O)NC2C[C@H]2C(F)F)=NC(=O)c2ccc3c(c2)N(C[C@@H]2CC[C@H]21)C[C@@]1(CCCc2cc(C)ccc21)CO3. The van der Waals surface area contributed by atoms with Gasteiger partial charge >= 0.3 is 6.03 Å². The third kappa shape index (κ3) is 7.15. The molecule has 0 saturated heterocycles. The van der Waals surface area contributed by atoms with Crippen molar-refractivity contribution in [2.24, 2.45) is 28.0 Å². The summed E-state index contributed by atoms with van der Waals surface area (Å²) in [6.45, 7) is 6.01. The van der Waals surface area contributed by atoms with E-state index in [2.05, 4.69) is 50.5 Å². The Balaban J connectivity index is 1.26. The van der Waals surface area contributed by atoms with Crippen molar-refractivity contribution < 1.29 is 32.1 Å². The number of carbonyl (C=O) groups excluding carboxylic acids is 2. The Morgan fingerprint density at radius 1 is 1.20 bits per heavy atom. The molecule has 2 N–H and O–H groups in total. The molecule has 2 aliphatic heterocycles. The lowest BCUT2D eigenvalue weighted by Gasteiger charge is -2.46. The first-order valence-corrected chi connectivity index (χ1v) is 19.6. The van der Waals surface area contributed by atoms with Gasteiger partial charge in [0.25, 0.3) is 5.91 Å². The molecule has 3 aliphatic carbocycles. The van der Waals surface area contributed by atoms with Gasteiger partial charge in [-0.3, -0.25) is 9.52 Å². The number of hydrogen-bond acceptors (Lipinski definition) is 6. The molecule has 5 aliphatic rings. The van der Waals surface area contributed by atoms with Crippen molar-refractivity contribution in [3.05, 3.63) is 70.8 Å². The van der Waals surface area contributed by atoms with E-state index in [0.29, 0.717) is 30.6 Å². The van der Waals surface area contributed by atoms with Gasteiger partial charge in [-0.25, -0.2) is 17.8 Å². The Bertz CT molecular complexity index is 1790. The first kappa shape index (κ1) is 34.9. The molecule has 0 radical (unpaired) electrons. The van der Waals surface area contributed by atoms with Crippen molar-refractivity contribution in [3.8, 4) is 5.75 Å². The fourth-order valence-corrected chi connectivity index (χ4v) is 10.4. The fourth-order valence-electron chi connectivity index (χ4n) is 8.53. The number of fused-ring (bicyclic) bond motifs is 4. The number of methoxy groups -OCH3 is 1. The molecule has 3 amide bonds. The summed E-state index contributed by atoms with van der Waals surface area (Å²) >= 11 is 0. The molecule has 9 nitrogen and oxygen atoms in total. The molecule has 2 unspecified atom stereocenters. The quantitative estimate of drug-likeness (QED) is 0.347. The van der Waals surface area contributed by atoms with Crippen LogP contribution in [0.1, 0.15) is 72.5 Å². The number of carbonyl (C=O) groups is 2. The van der Waals surface area contributed by atoms with E-state index in [0.717, 1.165) is 50.9 Å². The molecule has 2 heterocycles. The van der Waals surface area contributed by atoms with Crippen LogP contribution in [0.25, 0.3) is 0 Å². The van der Waals surface area contributed by atoms with Gasteiger partial charge in [0.15, 0.2) is 0 Å². The highest BCUT2D eigenvalue weighted by Crippen LogP contribution is 2.47. The van der Waals surface area contributed by atoms with E-state index in [1.54, 1.807) is 25.3 Å². The maximum Gasteiger partial charge on any atom is 0.327 e. The normalized spacial score (nSPS) is 34.3. The van der Waals surface area contributed by atoms with Crippen LogP contribution in [0, 0.1) is 30.6 Å². The first-order chi connectivity index (χ1) is 24.0. The molecule has 2 bridgehead atoms. The zero-order valence-electron chi connectivity index (χ0n) is 29.0. The highest BCUT2D eigenvalue weighted by Gasteiger charge is 2.46. The lowest BCUT2D eigenvalue weighted by Crippen LogP contribution is -2.49. The second-order valence-corrected chi connectivity index (χ2v) is 17.2. The number of anilines is 1. The zero-order chi connectivity index (χ0) is 35.2. The van der Waals surface area contributed by atoms with Crippen molar-refractivity contribution in [1.29, 1.82) is 0 Å². The predicted molar refractivity (Wildman–Crippen MR) is 189 cm³/mol. The van der Waals surface area contributed by atoms with E-state index in [1.807, 2.05) is 13.0 Å². The highest BCUT2D eigenvalue weighted by atomic mass is 32.2. The fraction of sp³-hybridized carbons (Fsp3) is 0.579. The summed E-state index contributed by atoms with van der Waals surface area (Å²) < 4.78 is 59.7. The van der Waals surface area contributed by atoms with Crippen LogP contribution < -0.4 is 19.7 Å². The Labute approximate surface area is 293 Å². The summed E-state index contributed by atoms with van der Waals surface area (Å²) in [4.78, 5) is 29.1. The van der Waals surface area contributed by atoms with Crippen molar-refractivity contribution in [1.82, 2.24) is 10.0 Å². The molecular formula is C38H48F2N4O5S. The van der Waals surface area contributed by atoms with E-state index >= 15 is 0 Å². The largest absolute Gasteiger partial charge is 0.490 e. The Morgan fingerprint density at radius 3 is 2.78 bits per heavy atom. The van der Waals surface area contributed by atoms with Crippen LogP contribution in [0.3, 0.4) is 0 Å². The topological polar surface area (TPSA) is 109 Å². The molecule has 8 atom stereocenters. The number of allylic oxidation sites excluding steroid dienone is 1. The summed E-state index contributed by atoms with van der Waals surface area (Å²) in [5.74, 6) is -0.589. The standard InChI is InChI=1S/C38H48F2N4O5S/c1-23-9-13-30-25(16-23)7-5-15-38(30)21-44-19-27-10-12-28(27)33(48-3)8-4-6-24(2)20-50(47,43-37(46)41-31-18-29(31)35(39)40)42-36(45)26-11-14-34(49-22-38)32(44)17-26/h4,8-9,11,13-14,16-17,24,27-29,31,33,35H,5-7,10,12,15,18-22H2,1-3H3,(H2,41,42,43,45,46,47)/b8-4+/t24-,27-,28+,29+,31?,33-,38-,50?/m0/s1. The monoisotopic (exact) mass is 710 g/mol. The van der Waals surface area contributed by atoms with E-state index in [9.17, 15) is 22.6 Å². The molecule has 50 heavy (non-hydrogen) atoms. The lowest BCUT2D eigenvalue weighted by molar-refractivity contribution is 0.0131. The second-order valence-electron chi connectivity index (χ2n) is 15.2. The van der Waals surface area contributed by atoms with Crippen LogP contribution >= 0.6 is 0 Å². The zero-order valence-corrected chi connectivity index (χ0v) is 29.9. The van der Waals surface area contributed by atoms with Crippen LogP contribution in [-0.2, 0) is 26.5 Å². The summed E-state index contributed by atoms with van der Waals surface area (Å²) in [6, 6.07) is 10.4. The number of urea groups is 1. The van der Waals surface area contributed by atoms with Gasteiger partial charge in [-0.05, 0) is 98.9 Å². The van der Waals surface area contributed by atoms with E-state index in [-0.39, 0.29) is 35.2 Å². The molecule has 2 saturated carbocycles. The average Bonchev–Trinajstić information content (AvgIpc) is 3.84. The van der Waals surface area contributed by atoms with Crippen molar-refractivity contribution in [2.45, 2.75) is 82.8 Å². The minimum atomic E-state index is -3.63. The van der Waals surface area contributed by atoms with Crippen LogP contribution in [0.15, 0.2) is 52.9 Å². The molecule has 7 rings (SSSR count). The molecule has 1 spiro atoms. The van der Waals surface area contributed by atoms with Gasteiger partial charge in [-0.2, -0.15) is 0 Å². The van der Waals surface area contributed by atoms with Gasteiger partial charge in [0.05, 0.1) is 24.2 Å². The van der Waals surface area contributed by atoms with Gasteiger partial charge in [0.2, 0.25) is 6.43 Å². The third-order valence-electron chi connectivity index (χ3n) is 11.4. The number of benzene rings is 2. The van der Waals surface area contributed by atoms with Gasteiger partial charge in [-0.1, -0.05) is 42.8 Å². The van der Waals surface area contributed by atoms with Crippen LogP contribution in [0.4, 0.5) is 19.3 Å². The Hall–Kier alpha value is -3.51. The number of nitrogens with one attached hydrogen (secondary N) is 2. The lowest BCUT2D eigenvalue weighted by atomic mass is 9.68. The smallest absolute Gasteiger partial charge is 0.327 e. The molecular weight excluding hydrogens is 663 g/mol. The summed E-state index contributed by atoms with van der Waals surface area (Å²) in [5.41, 5.74) is 4.74. The molecule has 270 valence electrons. The Morgan fingerprint density at radius 2 is 2.04 bits per heavy atom. The number of halogens is 2. The van der Waals surface area contributed by atoms with E-state index < -0.39 is 40.2 Å².